The Kier molecular flexibility index (Phi) is 7.73. The van der Waals surface area contributed by atoms with Gasteiger partial charge in [0.05, 0.1) is 10.3 Å². The molecule has 0 saturated heterocycles. The van der Waals surface area contributed by atoms with Gasteiger partial charge in [-0.05, 0) is 50.1 Å². The molecule has 1 amide bonds. The van der Waals surface area contributed by atoms with Crippen LogP contribution in [-0.4, -0.2) is 38.3 Å². The van der Waals surface area contributed by atoms with Crippen LogP contribution in [-0.2, 0) is 14.8 Å². The van der Waals surface area contributed by atoms with Crippen molar-refractivity contribution in [1.29, 1.82) is 0 Å². The summed E-state index contributed by atoms with van der Waals surface area (Å²) in [5.74, 6) is -1.08. The van der Waals surface area contributed by atoms with Crippen LogP contribution in [0.5, 0.6) is 0 Å². The number of anilines is 2. The molecule has 152 valence electrons. The average molecular weight is 430 g/mol. The first-order valence-corrected chi connectivity index (χ1v) is 10.4. The van der Waals surface area contributed by atoms with E-state index in [2.05, 4.69) is 15.0 Å². The Hall–Kier alpha value is -2.23. The predicted octanol–water partition coefficient (Wildman–Crippen LogP) is 3.68. The van der Waals surface area contributed by atoms with Gasteiger partial charge in [0, 0.05) is 31.2 Å². The lowest BCUT2D eigenvalue weighted by molar-refractivity contribution is 0.102. The highest BCUT2D eigenvalue weighted by molar-refractivity contribution is 7.93. The van der Waals surface area contributed by atoms with Crippen LogP contribution in [0.4, 0.5) is 15.9 Å². The van der Waals surface area contributed by atoms with Gasteiger partial charge in [-0.15, -0.1) is 0 Å². The van der Waals surface area contributed by atoms with Gasteiger partial charge in [-0.2, -0.15) is 0 Å². The van der Waals surface area contributed by atoms with Gasteiger partial charge in [-0.25, -0.2) is 17.8 Å². The van der Waals surface area contributed by atoms with Crippen LogP contribution < -0.4 is 10.0 Å². The van der Waals surface area contributed by atoms with E-state index in [0.717, 1.165) is 6.07 Å². The van der Waals surface area contributed by atoms with Crippen molar-refractivity contribution in [2.75, 3.05) is 23.8 Å². The average Bonchev–Trinajstić information content (AvgIpc) is 2.64. The van der Waals surface area contributed by atoms with E-state index in [1.807, 2.05) is 0 Å². The minimum Gasteiger partial charge on any atom is -0.385 e. The van der Waals surface area contributed by atoms with Crippen LogP contribution in [0.15, 0.2) is 36.5 Å². The first-order valence-electron chi connectivity index (χ1n) is 8.46. The highest BCUT2D eigenvalue weighted by Gasteiger charge is 2.21. The van der Waals surface area contributed by atoms with Crippen molar-refractivity contribution in [3.63, 3.8) is 0 Å². The smallest absolute Gasteiger partial charge is 0.255 e. The predicted molar refractivity (Wildman–Crippen MR) is 107 cm³/mol. The number of halogens is 2. The second-order valence-electron chi connectivity index (χ2n) is 6.11. The fraction of sp³-hybridized carbons (Fsp3) is 0.333. The molecule has 0 spiro atoms. The van der Waals surface area contributed by atoms with Crippen molar-refractivity contribution in [3.8, 4) is 0 Å². The molecule has 10 heteroatoms. The van der Waals surface area contributed by atoms with Crippen molar-refractivity contribution < 1.29 is 22.3 Å². The number of rotatable bonds is 9. The van der Waals surface area contributed by atoms with Crippen molar-refractivity contribution in [2.24, 2.45) is 0 Å². The number of methoxy groups -OCH3 is 1. The van der Waals surface area contributed by atoms with Crippen LogP contribution in [0.1, 0.15) is 30.1 Å². The van der Waals surface area contributed by atoms with Crippen LogP contribution in [0.2, 0.25) is 5.02 Å². The molecule has 0 radical (unpaired) electrons. The van der Waals surface area contributed by atoms with Gasteiger partial charge in [0.1, 0.15) is 11.6 Å². The van der Waals surface area contributed by atoms with Crippen molar-refractivity contribution in [2.45, 2.75) is 25.0 Å². The third-order valence-corrected chi connectivity index (χ3v) is 6.01. The second-order valence-corrected chi connectivity index (χ2v) is 8.61. The highest BCUT2D eigenvalue weighted by atomic mass is 35.5. The first-order chi connectivity index (χ1) is 13.2. The van der Waals surface area contributed by atoms with E-state index in [1.54, 1.807) is 14.0 Å². The summed E-state index contributed by atoms with van der Waals surface area (Å²) in [7, 11) is -2.11. The number of ether oxygens (including phenoxy) is 1. The lowest BCUT2D eigenvalue weighted by Crippen LogP contribution is -2.26. The molecule has 1 unspecified atom stereocenters. The largest absolute Gasteiger partial charge is 0.385 e. The number of nitrogens with one attached hydrogen (secondary N) is 2. The van der Waals surface area contributed by atoms with Crippen molar-refractivity contribution in [3.05, 3.63) is 52.9 Å². The molecule has 0 aliphatic carbocycles. The third kappa shape index (κ3) is 6.15. The lowest BCUT2D eigenvalue weighted by atomic mass is 10.2. The molecule has 0 fully saturated rings. The Morgan fingerprint density at radius 2 is 2.07 bits per heavy atom. The van der Waals surface area contributed by atoms with Gasteiger partial charge >= 0.3 is 0 Å². The highest BCUT2D eigenvalue weighted by Crippen LogP contribution is 2.20. The SMILES string of the molecule is COCCCC(C)S(=O)(=O)Nc1cc(C(=O)Nc2ccc(F)c(Cl)c2)ccn1. The van der Waals surface area contributed by atoms with Gasteiger partial charge in [-0.3, -0.25) is 9.52 Å². The third-order valence-electron chi connectivity index (χ3n) is 3.94. The molecule has 7 nitrogen and oxygen atoms in total. The lowest BCUT2D eigenvalue weighted by Gasteiger charge is -2.14. The van der Waals surface area contributed by atoms with E-state index in [0.29, 0.717) is 25.1 Å². The first kappa shape index (κ1) is 22.1. The van der Waals surface area contributed by atoms with Gasteiger partial charge in [0.2, 0.25) is 10.0 Å². The molecule has 0 aliphatic heterocycles. The molecule has 2 N–H and O–H groups in total. The summed E-state index contributed by atoms with van der Waals surface area (Å²) in [6.07, 6.45) is 2.35. The monoisotopic (exact) mass is 429 g/mol. The van der Waals surface area contributed by atoms with E-state index >= 15 is 0 Å². The summed E-state index contributed by atoms with van der Waals surface area (Å²) in [6.45, 7) is 2.06. The van der Waals surface area contributed by atoms with Gasteiger partial charge < -0.3 is 10.1 Å². The standard InChI is InChI=1S/C18H21ClFN3O4S/c1-12(4-3-9-27-2)28(25,26)23-17-10-13(7-8-21-17)18(24)22-14-5-6-16(20)15(19)11-14/h5-8,10-12H,3-4,9H2,1-2H3,(H,21,23)(H,22,24). The molecular formula is C18H21ClFN3O4S. The zero-order valence-electron chi connectivity index (χ0n) is 15.4. The summed E-state index contributed by atoms with van der Waals surface area (Å²) in [6, 6.07) is 6.53. The quantitative estimate of drug-likeness (QED) is 0.592. The Morgan fingerprint density at radius 3 is 2.75 bits per heavy atom. The molecule has 1 aromatic heterocycles. The molecule has 2 rings (SSSR count). The zero-order chi connectivity index (χ0) is 20.7. The minimum atomic E-state index is -3.66. The molecule has 1 heterocycles. The van der Waals surface area contributed by atoms with Gasteiger partial charge in [0.25, 0.3) is 5.91 Å². The number of nitrogens with zero attached hydrogens (tertiary/aromatic N) is 1. The molecule has 2 aromatic rings. The van der Waals surface area contributed by atoms with Gasteiger partial charge in [0.15, 0.2) is 0 Å². The maximum atomic E-state index is 13.2. The number of aromatic nitrogens is 1. The maximum absolute atomic E-state index is 13.2. The number of benzene rings is 1. The molecule has 1 aromatic carbocycles. The number of carbonyl (C=O) groups is 1. The van der Waals surface area contributed by atoms with Crippen LogP contribution in [0.25, 0.3) is 0 Å². The van der Waals surface area contributed by atoms with Crippen molar-refractivity contribution in [1.82, 2.24) is 4.98 Å². The van der Waals surface area contributed by atoms with E-state index in [9.17, 15) is 17.6 Å². The number of sulfonamides is 1. The molecule has 28 heavy (non-hydrogen) atoms. The fourth-order valence-corrected chi connectivity index (χ4v) is 3.58. The summed E-state index contributed by atoms with van der Waals surface area (Å²) >= 11 is 5.70. The molecule has 1 atom stereocenters. The molecule has 0 aliphatic rings. The number of hydrogen-bond donors (Lipinski definition) is 2. The van der Waals surface area contributed by atoms with E-state index in [-0.39, 0.29) is 16.4 Å². The number of pyridine rings is 1. The maximum Gasteiger partial charge on any atom is 0.255 e. The van der Waals surface area contributed by atoms with Gasteiger partial charge in [-0.1, -0.05) is 11.6 Å². The second kappa shape index (κ2) is 9.81. The Bertz CT molecular complexity index is 940. The Balaban J connectivity index is 2.08. The summed E-state index contributed by atoms with van der Waals surface area (Å²) in [4.78, 5) is 16.3. The molecule has 0 bridgehead atoms. The van der Waals surface area contributed by atoms with Crippen LogP contribution in [0.3, 0.4) is 0 Å². The summed E-state index contributed by atoms with van der Waals surface area (Å²) < 4.78 is 45.3. The number of hydrogen-bond acceptors (Lipinski definition) is 5. The van der Waals surface area contributed by atoms with E-state index < -0.39 is 27.0 Å². The summed E-state index contributed by atoms with van der Waals surface area (Å²) in [5, 5.41) is 1.79. The Morgan fingerprint density at radius 1 is 1.32 bits per heavy atom. The molecule has 0 saturated carbocycles. The van der Waals surface area contributed by atoms with Crippen molar-refractivity contribution >= 4 is 39.0 Å². The minimum absolute atomic E-state index is 0.0309. The zero-order valence-corrected chi connectivity index (χ0v) is 17.0. The molecular weight excluding hydrogens is 409 g/mol. The fourth-order valence-electron chi connectivity index (χ4n) is 2.32. The van der Waals surface area contributed by atoms with Crippen LogP contribution >= 0.6 is 11.6 Å². The Labute approximate surface area is 168 Å². The van der Waals surface area contributed by atoms with E-state index in [4.69, 9.17) is 16.3 Å². The topological polar surface area (TPSA) is 97.4 Å². The summed E-state index contributed by atoms with van der Waals surface area (Å²) in [5.41, 5.74) is 0.488. The number of carbonyl (C=O) groups excluding carboxylic acids is 1. The normalized spacial score (nSPS) is 12.4. The number of amides is 1. The van der Waals surface area contributed by atoms with Crippen LogP contribution in [0, 0.1) is 5.82 Å². The van der Waals surface area contributed by atoms with E-state index in [1.165, 1.54) is 30.5 Å².